The zero-order valence-electron chi connectivity index (χ0n) is 11.0. The lowest BCUT2D eigenvalue weighted by atomic mass is 10.3. The van der Waals surface area contributed by atoms with Crippen LogP contribution in [0.3, 0.4) is 0 Å². The van der Waals surface area contributed by atoms with Gasteiger partial charge in [-0.25, -0.2) is 21.2 Å². The van der Waals surface area contributed by atoms with Gasteiger partial charge in [0.25, 0.3) is 9.05 Å². The lowest BCUT2D eigenvalue weighted by Crippen LogP contribution is -2.12. The Balaban J connectivity index is 2.77. The molecule has 0 aliphatic heterocycles. The fourth-order valence-corrected chi connectivity index (χ4v) is 3.16. The van der Waals surface area contributed by atoms with Crippen LogP contribution in [-0.4, -0.2) is 34.9 Å². The third-order valence-corrected chi connectivity index (χ3v) is 5.70. The van der Waals surface area contributed by atoms with E-state index in [4.69, 9.17) is 15.4 Å². The fourth-order valence-electron chi connectivity index (χ4n) is 1.42. The largest absolute Gasteiger partial charge is 0.490 e. The topological polar surface area (TPSA) is 77.5 Å². The molecule has 0 bridgehead atoms. The first-order valence-corrected chi connectivity index (χ1v) is 9.97. The number of rotatable bonds is 7. The summed E-state index contributed by atoms with van der Waals surface area (Å²) in [7, 11) is -2.62. The van der Waals surface area contributed by atoms with Crippen molar-refractivity contribution >= 4 is 29.6 Å². The van der Waals surface area contributed by atoms with E-state index in [0.29, 0.717) is 0 Å². The Bertz CT molecular complexity index is 716. The van der Waals surface area contributed by atoms with E-state index < -0.39 is 41.2 Å². The van der Waals surface area contributed by atoms with E-state index in [1.165, 1.54) is 6.92 Å². The Morgan fingerprint density at radius 1 is 1.14 bits per heavy atom. The molecule has 0 saturated carbocycles. The molecule has 10 heteroatoms. The SMILES string of the molecule is CCS(=O)(=O)CCCOc1ccc(S(=O)(=O)Cl)c(F)c1F. The maximum atomic E-state index is 13.6. The maximum absolute atomic E-state index is 13.6. The van der Waals surface area contributed by atoms with E-state index in [1.54, 1.807) is 0 Å². The number of benzene rings is 1. The van der Waals surface area contributed by atoms with Gasteiger partial charge in [-0.05, 0) is 18.6 Å². The van der Waals surface area contributed by atoms with Crippen molar-refractivity contribution in [2.45, 2.75) is 18.2 Å². The van der Waals surface area contributed by atoms with Gasteiger partial charge in [-0.3, -0.25) is 0 Å². The summed E-state index contributed by atoms with van der Waals surface area (Å²) in [5.41, 5.74) is 0. The first-order chi connectivity index (χ1) is 9.58. The minimum Gasteiger partial charge on any atom is -0.490 e. The Kier molecular flexibility index (Phi) is 5.94. The van der Waals surface area contributed by atoms with Crippen molar-refractivity contribution in [3.8, 4) is 5.75 Å². The maximum Gasteiger partial charge on any atom is 0.264 e. The molecule has 0 spiro atoms. The molecule has 0 N–H and O–H groups in total. The highest BCUT2D eigenvalue weighted by molar-refractivity contribution is 8.13. The molecule has 1 rings (SSSR count). The Hall–Kier alpha value is -0.930. The van der Waals surface area contributed by atoms with Crippen LogP contribution in [0.5, 0.6) is 5.75 Å². The van der Waals surface area contributed by atoms with Crippen LogP contribution in [0.15, 0.2) is 17.0 Å². The molecule has 1 aromatic carbocycles. The van der Waals surface area contributed by atoms with Crippen molar-refractivity contribution < 1.29 is 30.4 Å². The third-order valence-electron chi connectivity index (χ3n) is 2.57. The van der Waals surface area contributed by atoms with Crippen LogP contribution in [-0.2, 0) is 18.9 Å². The standard InChI is InChI=1S/C11H13ClF2O5S2/c1-2-20(15,16)7-3-6-19-8-4-5-9(21(12,17)18)11(14)10(8)13/h4-5H,2-3,6-7H2,1H3. The molecule has 0 fully saturated rings. The highest BCUT2D eigenvalue weighted by Crippen LogP contribution is 2.27. The van der Waals surface area contributed by atoms with Gasteiger partial charge in [0.05, 0.1) is 12.4 Å². The van der Waals surface area contributed by atoms with Crippen molar-refractivity contribution in [1.82, 2.24) is 0 Å². The number of hydrogen-bond donors (Lipinski definition) is 0. The highest BCUT2D eigenvalue weighted by Gasteiger charge is 2.22. The molecule has 0 heterocycles. The summed E-state index contributed by atoms with van der Waals surface area (Å²) >= 11 is 0. The predicted octanol–water partition coefficient (Wildman–Crippen LogP) is 2.10. The molecule has 0 aliphatic carbocycles. The van der Waals surface area contributed by atoms with Crippen molar-refractivity contribution in [2.24, 2.45) is 0 Å². The second kappa shape index (κ2) is 6.89. The van der Waals surface area contributed by atoms with Crippen LogP contribution >= 0.6 is 10.7 Å². The van der Waals surface area contributed by atoms with Gasteiger partial charge >= 0.3 is 0 Å². The molecule has 0 aliphatic rings. The number of sulfone groups is 1. The van der Waals surface area contributed by atoms with Crippen molar-refractivity contribution in [3.05, 3.63) is 23.8 Å². The van der Waals surface area contributed by atoms with Crippen LogP contribution in [0.2, 0.25) is 0 Å². The molecule has 0 aromatic heterocycles. The van der Waals surface area contributed by atoms with Crippen molar-refractivity contribution in [3.63, 3.8) is 0 Å². The Morgan fingerprint density at radius 3 is 2.29 bits per heavy atom. The summed E-state index contributed by atoms with van der Waals surface area (Å²) in [6.07, 6.45) is 0.104. The third kappa shape index (κ3) is 5.08. The van der Waals surface area contributed by atoms with Gasteiger partial charge in [-0.2, -0.15) is 4.39 Å². The van der Waals surface area contributed by atoms with Crippen LogP contribution in [0.4, 0.5) is 8.78 Å². The molecular formula is C11H13ClF2O5S2. The van der Waals surface area contributed by atoms with E-state index in [2.05, 4.69) is 0 Å². The average molecular weight is 363 g/mol. The predicted molar refractivity (Wildman–Crippen MR) is 73.8 cm³/mol. The van der Waals surface area contributed by atoms with E-state index in [0.717, 1.165) is 12.1 Å². The molecule has 0 atom stereocenters. The van der Waals surface area contributed by atoms with E-state index in [-0.39, 0.29) is 24.5 Å². The Morgan fingerprint density at radius 2 is 1.76 bits per heavy atom. The Labute approximate surface area is 126 Å². The summed E-state index contributed by atoms with van der Waals surface area (Å²) in [6.45, 7) is 1.35. The smallest absolute Gasteiger partial charge is 0.264 e. The molecule has 5 nitrogen and oxygen atoms in total. The average Bonchev–Trinajstić information content (AvgIpc) is 2.38. The zero-order valence-corrected chi connectivity index (χ0v) is 13.4. The van der Waals surface area contributed by atoms with Gasteiger partial charge in [-0.15, -0.1) is 0 Å². The number of halogens is 3. The van der Waals surface area contributed by atoms with Crippen molar-refractivity contribution in [1.29, 1.82) is 0 Å². The first kappa shape index (κ1) is 18.1. The van der Waals surface area contributed by atoms with Crippen molar-refractivity contribution in [2.75, 3.05) is 18.1 Å². The van der Waals surface area contributed by atoms with Gasteiger partial charge in [0, 0.05) is 16.4 Å². The number of hydrogen-bond acceptors (Lipinski definition) is 5. The summed E-state index contributed by atoms with van der Waals surface area (Å²) in [5, 5.41) is 0. The van der Waals surface area contributed by atoms with Gasteiger partial charge < -0.3 is 4.74 Å². The van der Waals surface area contributed by atoms with E-state index >= 15 is 0 Å². The molecule has 0 radical (unpaired) electrons. The van der Waals surface area contributed by atoms with Crippen LogP contribution < -0.4 is 4.74 Å². The molecule has 1 aromatic rings. The normalized spacial score (nSPS) is 12.4. The zero-order chi connectivity index (χ0) is 16.3. The lowest BCUT2D eigenvalue weighted by molar-refractivity contribution is 0.294. The second-order valence-corrected chi connectivity index (χ2v) is 9.07. The lowest BCUT2D eigenvalue weighted by Gasteiger charge is -2.09. The minimum absolute atomic E-state index is 0.0156. The summed E-state index contributed by atoms with van der Waals surface area (Å²) < 4.78 is 76.4. The molecule has 0 saturated heterocycles. The monoisotopic (exact) mass is 362 g/mol. The molecule has 0 unspecified atom stereocenters. The molecule has 21 heavy (non-hydrogen) atoms. The quantitative estimate of drug-likeness (QED) is 0.548. The second-order valence-electron chi connectivity index (χ2n) is 4.07. The summed E-state index contributed by atoms with van der Waals surface area (Å²) in [6, 6.07) is 1.70. The van der Waals surface area contributed by atoms with E-state index in [9.17, 15) is 25.6 Å². The molecular weight excluding hydrogens is 350 g/mol. The van der Waals surface area contributed by atoms with Crippen LogP contribution in [0.25, 0.3) is 0 Å². The molecule has 120 valence electrons. The number of ether oxygens (including phenoxy) is 1. The van der Waals surface area contributed by atoms with Crippen LogP contribution in [0, 0.1) is 11.6 Å². The summed E-state index contributed by atoms with van der Waals surface area (Å²) in [4.78, 5) is -0.984. The van der Waals surface area contributed by atoms with E-state index in [1.807, 2.05) is 0 Å². The van der Waals surface area contributed by atoms with Gasteiger partial charge in [-0.1, -0.05) is 6.92 Å². The highest BCUT2D eigenvalue weighted by atomic mass is 35.7. The van der Waals surface area contributed by atoms with Gasteiger partial charge in [0.1, 0.15) is 14.7 Å². The minimum atomic E-state index is -4.40. The summed E-state index contributed by atoms with van der Waals surface area (Å²) in [5.74, 6) is -3.79. The molecule has 0 amide bonds. The first-order valence-electron chi connectivity index (χ1n) is 5.84. The van der Waals surface area contributed by atoms with Gasteiger partial charge in [0.15, 0.2) is 11.6 Å². The van der Waals surface area contributed by atoms with Gasteiger partial charge in [0.2, 0.25) is 5.82 Å². The van der Waals surface area contributed by atoms with Crippen LogP contribution in [0.1, 0.15) is 13.3 Å². The fraction of sp³-hybridized carbons (Fsp3) is 0.455.